The first kappa shape index (κ1) is 33.4. The lowest BCUT2D eigenvalue weighted by Crippen LogP contribution is -2.51. The van der Waals surface area contributed by atoms with E-state index in [1.54, 1.807) is 21.1 Å². The highest BCUT2D eigenvalue weighted by molar-refractivity contribution is 6.39. The SMILES string of the molecule is COc1nc(-c2cccc(-c3cccc(-c4cc5c(c(OC)n4)C(N4CC(O)C4)CC5)c3Cl)c2Cl)cc2c1C(N1CCN(C(C)=O)CC1)CC2. The van der Waals surface area contributed by atoms with Crippen molar-refractivity contribution < 1.29 is 19.4 Å². The molecular formula is C39H41Cl2N5O4. The smallest absolute Gasteiger partial charge is 0.219 e. The monoisotopic (exact) mass is 713 g/mol. The van der Waals surface area contributed by atoms with Crippen LogP contribution in [-0.2, 0) is 17.6 Å². The molecule has 2 aliphatic carbocycles. The number of aryl methyl sites for hydroxylation is 2. The molecule has 1 amide bonds. The van der Waals surface area contributed by atoms with Gasteiger partial charge in [0.25, 0.3) is 0 Å². The number of hydrogen-bond acceptors (Lipinski definition) is 8. The summed E-state index contributed by atoms with van der Waals surface area (Å²) in [7, 11) is 3.34. The fourth-order valence-electron chi connectivity index (χ4n) is 8.45. The van der Waals surface area contributed by atoms with Gasteiger partial charge >= 0.3 is 0 Å². The number of carbonyl (C=O) groups is 1. The summed E-state index contributed by atoms with van der Waals surface area (Å²) in [4.78, 5) is 28.5. The second-order valence-corrected chi connectivity index (χ2v) is 14.5. The van der Waals surface area contributed by atoms with Crippen LogP contribution in [0.5, 0.6) is 11.8 Å². The molecule has 4 heterocycles. The van der Waals surface area contributed by atoms with Crippen molar-refractivity contribution in [1.82, 2.24) is 24.7 Å². The predicted octanol–water partition coefficient (Wildman–Crippen LogP) is 6.62. The van der Waals surface area contributed by atoms with E-state index in [1.165, 1.54) is 11.1 Å². The van der Waals surface area contributed by atoms with Gasteiger partial charge in [0, 0.05) is 91.7 Å². The maximum absolute atomic E-state index is 11.9. The summed E-state index contributed by atoms with van der Waals surface area (Å²) in [5.74, 6) is 1.37. The molecule has 4 aromatic rings. The van der Waals surface area contributed by atoms with Gasteiger partial charge in [0.2, 0.25) is 17.7 Å². The Balaban J connectivity index is 1.11. The summed E-state index contributed by atoms with van der Waals surface area (Å²) in [6.45, 7) is 6.14. The number of β-amino-alcohol motifs (C(OH)–C–C–N with tert-alkyl or cyclic N) is 1. The van der Waals surface area contributed by atoms with E-state index in [-0.39, 0.29) is 24.1 Å². The summed E-state index contributed by atoms with van der Waals surface area (Å²) in [6, 6.07) is 16.6. The molecule has 260 valence electrons. The minimum atomic E-state index is -0.260. The molecule has 8 rings (SSSR count). The van der Waals surface area contributed by atoms with Crippen molar-refractivity contribution in [1.29, 1.82) is 0 Å². The van der Waals surface area contributed by atoms with E-state index in [0.717, 1.165) is 96.6 Å². The van der Waals surface area contributed by atoms with Gasteiger partial charge in [-0.15, -0.1) is 0 Å². The van der Waals surface area contributed by atoms with E-state index < -0.39 is 0 Å². The third-order valence-electron chi connectivity index (χ3n) is 11.0. The van der Waals surface area contributed by atoms with Crippen LogP contribution in [0.1, 0.15) is 54.1 Å². The number of rotatable bonds is 7. The third kappa shape index (κ3) is 5.73. The number of piperazine rings is 1. The number of nitrogens with zero attached hydrogens (tertiary/aromatic N) is 5. The molecule has 0 bridgehead atoms. The van der Waals surface area contributed by atoms with Crippen LogP contribution >= 0.6 is 23.2 Å². The molecule has 2 saturated heterocycles. The van der Waals surface area contributed by atoms with Gasteiger partial charge in [-0.25, -0.2) is 9.97 Å². The maximum atomic E-state index is 11.9. The van der Waals surface area contributed by atoms with Crippen LogP contribution in [0.15, 0.2) is 48.5 Å². The Morgan fingerprint density at radius 1 is 0.740 bits per heavy atom. The molecule has 0 radical (unpaired) electrons. The number of aromatic nitrogens is 2. The van der Waals surface area contributed by atoms with Gasteiger partial charge in [0.05, 0.1) is 41.8 Å². The van der Waals surface area contributed by atoms with Crippen molar-refractivity contribution in [2.75, 3.05) is 53.5 Å². The zero-order valence-corrected chi connectivity index (χ0v) is 30.1. The first-order valence-electron chi connectivity index (χ1n) is 17.4. The van der Waals surface area contributed by atoms with Crippen molar-refractivity contribution >= 4 is 29.1 Å². The van der Waals surface area contributed by atoms with E-state index in [9.17, 15) is 9.90 Å². The lowest BCUT2D eigenvalue weighted by atomic mass is 9.96. The van der Waals surface area contributed by atoms with Crippen LogP contribution in [0.4, 0.5) is 0 Å². The number of halogens is 2. The molecule has 2 atom stereocenters. The Labute approximate surface area is 302 Å². The van der Waals surface area contributed by atoms with E-state index in [1.807, 2.05) is 41.3 Å². The zero-order chi connectivity index (χ0) is 34.7. The van der Waals surface area contributed by atoms with Crippen LogP contribution < -0.4 is 9.47 Å². The van der Waals surface area contributed by atoms with Gasteiger partial charge in [0.1, 0.15) is 0 Å². The molecule has 9 nitrogen and oxygen atoms in total. The first-order chi connectivity index (χ1) is 24.2. The number of pyridine rings is 2. The molecule has 50 heavy (non-hydrogen) atoms. The standard InChI is InChI=1S/C39H41Cl2N5O4/c1-22(47)44-14-16-45(17-15-44)32-12-10-23-18-30(42-38(49-2)34(23)32)28-8-4-6-26(36(28)40)27-7-5-9-29(37(27)41)31-19-24-11-13-33(46-20-25(48)21-46)35(24)39(43-31)50-3/h4-9,18-19,25,32-33,48H,10-17,20-21H2,1-3H3. The Hall–Kier alpha value is -3.73. The molecule has 2 fully saturated rings. The van der Waals surface area contributed by atoms with E-state index in [0.29, 0.717) is 34.9 Å². The number of aliphatic hydroxyl groups excluding tert-OH is 1. The van der Waals surface area contributed by atoms with Crippen molar-refractivity contribution in [3.8, 4) is 45.4 Å². The number of hydrogen-bond donors (Lipinski definition) is 1. The van der Waals surface area contributed by atoms with Gasteiger partial charge in [0.15, 0.2) is 0 Å². The molecule has 2 aromatic heterocycles. The predicted molar refractivity (Wildman–Crippen MR) is 195 cm³/mol. The minimum Gasteiger partial charge on any atom is -0.481 e. The average Bonchev–Trinajstić information content (AvgIpc) is 3.74. The largest absolute Gasteiger partial charge is 0.481 e. The highest BCUT2D eigenvalue weighted by Crippen LogP contribution is 2.48. The third-order valence-corrected chi connectivity index (χ3v) is 11.8. The highest BCUT2D eigenvalue weighted by atomic mass is 35.5. The van der Waals surface area contributed by atoms with Crippen molar-refractivity contribution in [3.05, 3.63) is 80.8 Å². The Morgan fingerprint density at radius 3 is 1.64 bits per heavy atom. The second kappa shape index (κ2) is 13.4. The average molecular weight is 715 g/mol. The number of likely N-dealkylation sites (tertiary alicyclic amines) is 1. The Morgan fingerprint density at radius 2 is 1.20 bits per heavy atom. The highest BCUT2D eigenvalue weighted by Gasteiger charge is 2.39. The van der Waals surface area contributed by atoms with Crippen molar-refractivity contribution in [3.63, 3.8) is 0 Å². The molecule has 2 aliphatic heterocycles. The number of carbonyl (C=O) groups excluding carboxylic acids is 1. The maximum Gasteiger partial charge on any atom is 0.219 e. The summed E-state index contributed by atoms with van der Waals surface area (Å²) in [5, 5.41) is 11.0. The molecule has 11 heteroatoms. The summed E-state index contributed by atoms with van der Waals surface area (Å²) in [6.07, 6.45) is 3.53. The Kier molecular flexibility index (Phi) is 8.98. The number of methoxy groups -OCH3 is 2. The number of benzene rings is 2. The normalized spacial score (nSPS) is 20.8. The number of aliphatic hydroxyl groups is 1. The minimum absolute atomic E-state index is 0.131. The molecule has 0 saturated carbocycles. The van der Waals surface area contributed by atoms with Gasteiger partial charge in [-0.3, -0.25) is 14.6 Å². The van der Waals surface area contributed by atoms with E-state index in [2.05, 4.69) is 21.9 Å². The topological polar surface area (TPSA) is 91.3 Å². The molecule has 0 spiro atoms. The van der Waals surface area contributed by atoms with Crippen molar-refractivity contribution in [2.45, 2.75) is 50.8 Å². The summed E-state index contributed by atoms with van der Waals surface area (Å²) in [5.41, 5.74) is 9.43. The second-order valence-electron chi connectivity index (χ2n) is 13.8. The fourth-order valence-corrected chi connectivity index (χ4v) is 9.10. The molecule has 2 aromatic carbocycles. The molecular weight excluding hydrogens is 673 g/mol. The van der Waals surface area contributed by atoms with Crippen LogP contribution in [0.2, 0.25) is 10.0 Å². The van der Waals surface area contributed by atoms with E-state index >= 15 is 0 Å². The quantitative estimate of drug-likeness (QED) is 0.229. The lowest BCUT2D eigenvalue weighted by Gasteiger charge is -2.40. The van der Waals surface area contributed by atoms with Gasteiger partial charge in [-0.2, -0.15) is 0 Å². The van der Waals surface area contributed by atoms with Crippen LogP contribution in [-0.4, -0.2) is 95.3 Å². The molecule has 2 unspecified atom stereocenters. The van der Waals surface area contributed by atoms with Crippen LogP contribution in [0.25, 0.3) is 33.6 Å². The molecule has 1 N–H and O–H groups in total. The number of ether oxygens (including phenoxy) is 2. The molecule has 4 aliphatic rings. The van der Waals surface area contributed by atoms with Gasteiger partial charge in [-0.1, -0.05) is 59.6 Å². The van der Waals surface area contributed by atoms with Gasteiger partial charge in [-0.05, 0) is 48.9 Å². The summed E-state index contributed by atoms with van der Waals surface area (Å²) >= 11 is 14.5. The van der Waals surface area contributed by atoms with Gasteiger partial charge < -0.3 is 19.5 Å². The summed E-state index contributed by atoms with van der Waals surface area (Å²) < 4.78 is 11.8. The van der Waals surface area contributed by atoms with E-state index in [4.69, 9.17) is 42.6 Å². The fraction of sp³-hybridized carbons (Fsp3) is 0.410. The van der Waals surface area contributed by atoms with Crippen LogP contribution in [0, 0.1) is 0 Å². The van der Waals surface area contributed by atoms with Crippen molar-refractivity contribution in [2.24, 2.45) is 0 Å². The Bertz CT molecular complexity index is 1970. The lowest BCUT2D eigenvalue weighted by molar-refractivity contribution is -0.130. The number of fused-ring (bicyclic) bond motifs is 2. The first-order valence-corrected chi connectivity index (χ1v) is 18.2. The zero-order valence-electron chi connectivity index (χ0n) is 28.6. The van der Waals surface area contributed by atoms with Crippen LogP contribution in [0.3, 0.4) is 0 Å². The number of amides is 1.